The molecule has 1 aliphatic carbocycles. The number of hydrogen-bond acceptors (Lipinski definition) is 1. The van der Waals surface area contributed by atoms with Crippen LogP contribution in [0.2, 0.25) is 0 Å². The quantitative estimate of drug-likeness (QED) is 0.823. The molecule has 0 spiro atoms. The van der Waals surface area contributed by atoms with Crippen molar-refractivity contribution >= 4 is 0 Å². The van der Waals surface area contributed by atoms with Crippen molar-refractivity contribution in [1.82, 2.24) is 5.32 Å². The molecule has 1 heteroatoms. The summed E-state index contributed by atoms with van der Waals surface area (Å²) >= 11 is 0. The second kappa shape index (κ2) is 5.68. The molecule has 1 fully saturated rings. The molecule has 1 aromatic rings. The van der Waals surface area contributed by atoms with Crippen molar-refractivity contribution in [2.45, 2.75) is 52.1 Å². The molecular weight excluding hydrogens is 206 g/mol. The summed E-state index contributed by atoms with van der Waals surface area (Å²) in [4.78, 5) is 0. The van der Waals surface area contributed by atoms with Gasteiger partial charge in [-0.3, -0.25) is 0 Å². The maximum atomic E-state index is 3.79. The average molecular weight is 231 g/mol. The highest BCUT2D eigenvalue weighted by molar-refractivity contribution is 5.18. The minimum atomic E-state index is 0.474. The Hall–Kier alpha value is -0.820. The summed E-state index contributed by atoms with van der Waals surface area (Å²) in [5.74, 6) is 1.77. The van der Waals surface area contributed by atoms with Gasteiger partial charge in [-0.05, 0) is 43.6 Å². The average Bonchev–Trinajstić information content (AvgIpc) is 2.35. The molecule has 2 unspecified atom stereocenters. The maximum Gasteiger partial charge on any atom is 0.0294 e. The van der Waals surface area contributed by atoms with Crippen LogP contribution in [0.1, 0.15) is 51.6 Å². The Morgan fingerprint density at radius 3 is 2.41 bits per heavy atom. The highest BCUT2D eigenvalue weighted by atomic mass is 14.9. The molecule has 1 aliphatic rings. The molecule has 0 radical (unpaired) electrons. The lowest BCUT2D eigenvalue weighted by atomic mass is 9.79. The predicted molar refractivity (Wildman–Crippen MR) is 74.0 cm³/mol. The Kier molecular flexibility index (Phi) is 4.22. The van der Waals surface area contributed by atoms with Crippen LogP contribution < -0.4 is 5.32 Å². The smallest absolute Gasteiger partial charge is 0.0294 e. The summed E-state index contributed by atoms with van der Waals surface area (Å²) < 4.78 is 0. The Bertz CT molecular complexity index is 333. The van der Waals surface area contributed by atoms with E-state index in [0.29, 0.717) is 12.1 Å². The van der Waals surface area contributed by atoms with Gasteiger partial charge in [0.15, 0.2) is 0 Å². The summed E-state index contributed by atoms with van der Waals surface area (Å²) in [5.41, 5.74) is 1.40. The van der Waals surface area contributed by atoms with Crippen LogP contribution >= 0.6 is 0 Å². The minimum Gasteiger partial charge on any atom is -0.307 e. The van der Waals surface area contributed by atoms with E-state index < -0.39 is 0 Å². The zero-order chi connectivity index (χ0) is 12.3. The van der Waals surface area contributed by atoms with Gasteiger partial charge in [-0.25, -0.2) is 0 Å². The van der Waals surface area contributed by atoms with Crippen LogP contribution in [0.25, 0.3) is 0 Å². The molecule has 0 aliphatic heterocycles. The molecular formula is C16H25N. The second-order valence-corrected chi connectivity index (χ2v) is 5.76. The molecule has 1 saturated carbocycles. The molecule has 1 N–H and O–H groups in total. The summed E-state index contributed by atoms with van der Waals surface area (Å²) in [6, 6.07) is 11.9. The van der Waals surface area contributed by atoms with Crippen molar-refractivity contribution in [3.8, 4) is 0 Å². The number of rotatable bonds is 3. The fraction of sp³-hybridized carbons (Fsp3) is 0.625. The van der Waals surface area contributed by atoms with Crippen molar-refractivity contribution < 1.29 is 0 Å². The highest BCUT2D eigenvalue weighted by Gasteiger charge is 2.25. The molecule has 1 aromatic carbocycles. The third-order valence-electron chi connectivity index (χ3n) is 4.38. The minimum absolute atomic E-state index is 0.474. The van der Waals surface area contributed by atoms with Crippen molar-refractivity contribution in [3.63, 3.8) is 0 Å². The molecule has 94 valence electrons. The molecule has 0 amide bonds. The van der Waals surface area contributed by atoms with Gasteiger partial charge in [-0.2, -0.15) is 0 Å². The van der Waals surface area contributed by atoms with Gasteiger partial charge in [-0.1, -0.05) is 44.2 Å². The number of hydrogen-bond donors (Lipinski definition) is 1. The lowest BCUT2D eigenvalue weighted by Gasteiger charge is -2.34. The van der Waals surface area contributed by atoms with E-state index in [9.17, 15) is 0 Å². The maximum absolute atomic E-state index is 3.79. The van der Waals surface area contributed by atoms with Crippen molar-refractivity contribution in [2.75, 3.05) is 0 Å². The van der Waals surface area contributed by atoms with Gasteiger partial charge in [-0.15, -0.1) is 0 Å². The van der Waals surface area contributed by atoms with Crippen LogP contribution in [-0.2, 0) is 0 Å². The first-order chi connectivity index (χ1) is 8.16. The summed E-state index contributed by atoms with van der Waals surface area (Å²) in [5, 5.41) is 3.79. The van der Waals surface area contributed by atoms with Gasteiger partial charge in [0.25, 0.3) is 0 Å². The molecule has 17 heavy (non-hydrogen) atoms. The van der Waals surface area contributed by atoms with E-state index in [1.54, 1.807) is 0 Å². The van der Waals surface area contributed by atoms with Crippen LogP contribution in [0.5, 0.6) is 0 Å². The van der Waals surface area contributed by atoms with E-state index in [1.165, 1.54) is 24.8 Å². The monoisotopic (exact) mass is 231 g/mol. The molecule has 0 aromatic heterocycles. The lowest BCUT2D eigenvalue weighted by Crippen LogP contribution is -2.37. The van der Waals surface area contributed by atoms with E-state index in [4.69, 9.17) is 0 Å². The fourth-order valence-corrected chi connectivity index (χ4v) is 2.89. The third kappa shape index (κ3) is 3.32. The first-order valence-corrected chi connectivity index (χ1v) is 6.98. The van der Waals surface area contributed by atoms with E-state index in [1.807, 2.05) is 0 Å². The zero-order valence-electron chi connectivity index (χ0n) is 11.3. The molecule has 2 rings (SSSR count). The Morgan fingerprint density at radius 1 is 1.06 bits per heavy atom. The second-order valence-electron chi connectivity index (χ2n) is 5.76. The van der Waals surface area contributed by atoms with Gasteiger partial charge < -0.3 is 5.32 Å². The van der Waals surface area contributed by atoms with Gasteiger partial charge in [0.05, 0.1) is 0 Å². The van der Waals surface area contributed by atoms with E-state index >= 15 is 0 Å². The van der Waals surface area contributed by atoms with Crippen LogP contribution in [0.3, 0.4) is 0 Å². The van der Waals surface area contributed by atoms with Gasteiger partial charge >= 0.3 is 0 Å². The largest absolute Gasteiger partial charge is 0.307 e. The van der Waals surface area contributed by atoms with Crippen molar-refractivity contribution in [1.29, 1.82) is 0 Å². The fourth-order valence-electron chi connectivity index (χ4n) is 2.89. The third-order valence-corrected chi connectivity index (χ3v) is 4.38. The molecule has 4 atom stereocenters. The molecule has 0 bridgehead atoms. The van der Waals surface area contributed by atoms with Crippen LogP contribution in [0, 0.1) is 11.8 Å². The molecule has 1 nitrogen and oxygen atoms in total. The first kappa shape index (κ1) is 12.6. The van der Waals surface area contributed by atoms with Crippen molar-refractivity contribution in [2.24, 2.45) is 11.8 Å². The van der Waals surface area contributed by atoms with Crippen molar-refractivity contribution in [3.05, 3.63) is 35.9 Å². The molecule has 0 saturated heterocycles. The SMILES string of the molecule is CC1CC(N[C@@H](C)c2ccccc2)CC[C@H]1C. The number of nitrogens with one attached hydrogen (secondary N) is 1. The Balaban J connectivity index is 1.89. The van der Waals surface area contributed by atoms with Gasteiger partial charge in [0, 0.05) is 12.1 Å². The summed E-state index contributed by atoms with van der Waals surface area (Å²) in [7, 11) is 0. The van der Waals surface area contributed by atoms with Gasteiger partial charge in [0.1, 0.15) is 0 Å². The zero-order valence-corrected chi connectivity index (χ0v) is 11.3. The number of benzene rings is 1. The normalized spacial score (nSPS) is 31.1. The lowest BCUT2D eigenvalue weighted by molar-refractivity contribution is 0.217. The summed E-state index contributed by atoms with van der Waals surface area (Å²) in [6.45, 7) is 7.06. The Morgan fingerprint density at radius 2 is 1.76 bits per heavy atom. The predicted octanol–water partition coefficient (Wildman–Crippen LogP) is 4.16. The van der Waals surface area contributed by atoms with E-state index in [-0.39, 0.29) is 0 Å². The Labute approximate surface area is 106 Å². The standard InChI is InChI=1S/C16H25N/c1-12-9-10-16(11-13(12)2)17-14(3)15-7-5-4-6-8-15/h4-8,12-14,16-17H,9-11H2,1-3H3/t12-,13?,14+,16?/m1/s1. The first-order valence-electron chi connectivity index (χ1n) is 6.98. The highest BCUT2D eigenvalue weighted by Crippen LogP contribution is 2.30. The van der Waals surface area contributed by atoms with Crippen LogP contribution in [0.4, 0.5) is 0 Å². The van der Waals surface area contributed by atoms with Crippen LogP contribution in [0.15, 0.2) is 30.3 Å². The van der Waals surface area contributed by atoms with Gasteiger partial charge in [0.2, 0.25) is 0 Å². The van der Waals surface area contributed by atoms with Crippen LogP contribution in [-0.4, -0.2) is 6.04 Å². The molecule has 0 heterocycles. The van der Waals surface area contributed by atoms with E-state index in [0.717, 1.165) is 11.8 Å². The van der Waals surface area contributed by atoms with E-state index in [2.05, 4.69) is 56.4 Å². The summed E-state index contributed by atoms with van der Waals surface area (Å²) in [6.07, 6.45) is 4.04. The topological polar surface area (TPSA) is 12.0 Å².